The lowest BCUT2D eigenvalue weighted by molar-refractivity contribution is 0.0126. The Kier molecular flexibility index (Phi) is 4.18. The summed E-state index contributed by atoms with van der Waals surface area (Å²) >= 11 is 0. The molecule has 3 N–H and O–H groups in total. The monoisotopic (exact) mass is 186 g/mol. The fourth-order valence-corrected chi connectivity index (χ4v) is 1.24. The van der Waals surface area contributed by atoms with Crippen LogP contribution in [0.4, 0.5) is 0 Å². The standard InChI is InChI=1S/C9H18N2O2/c1-7(9(10)11)5-12-6-8-3-2-4-13-8/h7-8H,2-6H2,1H3,(H3,10,11). The predicted molar refractivity (Wildman–Crippen MR) is 50.9 cm³/mol. The van der Waals surface area contributed by atoms with Gasteiger partial charge in [-0.2, -0.15) is 0 Å². The minimum atomic E-state index is 0.0152. The summed E-state index contributed by atoms with van der Waals surface area (Å²) in [5, 5.41) is 7.15. The summed E-state index contributed by atoms with van der Waals surface area (Å²) < 4.78 is 10.8. The van der Waals surface area contributed by atoms with E-state index in [0.29, 0.717) is 13.2 Å². The molecule has 0 aromatic heterocycles. The van der Waals surface area contributed by atoms with Gasteiger partial charge in [0.05, 0.1) is 25.2 Å². The highest BCUT2D eigenvalue weighted by Crippen LogP contribution is 2.12. The SMILES string of the molecule is CC(COCC1CCCO1)C(=N)N. The van der Waals surface area contributed by atoms with Crippen molar-refractivity contribution in [2.24, 2.45) is 11.7 Å². The maximum Gasteiger partial charge on any atom is 0.0957 e. The van der Waals surface area contributed by atoms with Crippen LogP contribution >= 0.6 is 0 Å². The van der Waals surface area contributed by atoms with Crippen molar-refractivity contribution in [1.29, 1.82) is 5.41 Å². The van der Waals surface area contributed by atoms with E-state index in [-0.39, 0.29) is 17.9 Å². The minimum absolute atomic E-state index is 0.0152. The number of hydrogen-bond donors (Lipinski definition) is 2. The molecular formula is C9H18N2O2. The topological polar surface area (TPSA) is 68.3 Å². The van der Waals surface area contributed by atoms with Crippen molar-refractivity contribution in [2.75, 3.05) is 19.8 Å². The predicted octanol–water partition coefficient (Wildman–Crippen LogP) is 0.754. The van der Waals surface area contributed by atoms with Gasteiger partial charge < -0.3 is 15.2 Å². The molecule has 0 saturated carbocycles. The van der Waals surface area contributed by atoms with Crippen LogP contribution in [-0.2, 0) is 9.47 Å². The third kappa shape index (κ3) is 3.74. The highest BCUT2D eigenvalue weighted by molar-refractivity contribution is 5.79. The van der Waals surface area contributed by atoms with Crippen molar-refractivity contribution in [1.82, 2.24) is 0 Å². The number of nitrogens with one attached hydrogen (secondary N) is 1. The average Bonchev–Trinajstić information content (AvgIpc) is 2.56. The van der Waals surface area contributed by atoms with Crippen LogP contribution in [0.25, 0.3) is 0 Å². The summed E-state index contributed by atoms with van der Waals surface area (Å²) in [4.78, 5) is 0. The molecule has 0 aliphatic carbocycles. The molecule has 1 heterocycles. The normalized spacial score (nSPS) is 24.5. The number of hydrogen-bond acceptors (Lipinski definition) is 3. The summed E-state index contributed by atoms with van der Waals surface area (Å²) in [5.41, 5.74) is 5.30. The Morgan fingerprint density at radius 1 is 1.77 bits per heavy atom. The molecule has 2 unspecified atom stereocenters. The number of amidine groups is 1. The van der Waals surface area contributed by atoms with Crippen molar-refractivity contribution in [3.63, 3.8) is 0 Å². The molecule has 1 saturated heterocycles. The van der Waals surface area contributed by atoms with Crippen LogP contribution in [0.15, 0.2) is 0 Å². The Labute approximate surface area is 78.9 Å². The smallest absolute Gasteiger partial charge is 0.0957 e. The Balaban J connectivity index is 2.02. The van der Waals surface area contributed by atoms with Crippen LogP contribution < -0.4 is 5.73 Å². The van der Waals surface area contributed by atoms with Gasteiger partial charge in [-0.1, -0.05) is 6.92 Å². The fraction of sp³-hybridized carbons (Fsp3) is 0.889. The van der Waals surface area contributed by atoms with Crippen LogP contribution in [0.5, 0.6) is 0 Å². The largest absolute Gasteiger partial charge is 0.387 e. The summed E-state index contributed by atoms with van der Waals surface area (Å²) in [6.45, 7) is 3.90. The fourth-order valence-electron chi connectivity index (χ4n) is 1.24. The molecule has 0 bridgehead atoms. The molecule has 2 atom stereocenters. The van der Waals surface area contributed by atoms with Gasteiger partial charge in [0.1, 0.15) is 0 Å². The lowest BCUT2D eigenvalue weighted by Crippen LogP contribution is -2.25. The maximum atomic E-state index is 7.15. The highest BCUT2D eigenvalue weighted by atomic mass is 16.5. The third-order valence-corrected chi connectivity index (χ3v) is 2.23. The third-order valence-electron chi connectivity index (χ3n) is 2.23. The van der Waals surface area contributed by atoms with Gasteiger partial charge in [-0.25, -0.2) is 0 Å². The highest BCUT2D eigenvalue weighted by Gasteiger charge is 2.16. The Morgan fingerprint density at radius 2 is 2.54 bits per heavy atom. The van der Waals surface area contributed by atoms with Gasteiger partial charge in [-0.3, -0.25) is 5.41 Å². The molecule has 76 valence electrons. The van der Waals surface area contributed by atoms with Crippen molar-refractivity contribution in [3.8, 4) is 0 Å². The van der Waals surface area contributed by atoms with Gasteiger partial charge in [0.25, 0.3) is 0 Å². The van der Waals surface area contributed by atoms with E-state index >= 15 is 0 Å². The maximum absolute atomic E-state index is 7.15. The zero-order chi connectivity index (χ0) is 9.68. The average molecular weight is 186 g/mol. The molecule has 4 nitrogen and oxygen atoms in total. The first-order valence-electron chi connectivity index (χ1n) is 4.73. The van der Waals surface area contributed by atoms with E-state index in [9.17, 15) is 0 Å². The second-order valence-electron chi connectivity index (χ2n) is 3.53. The van der Waals surface area contributed by atoms with E-state index in [0.717, 1.165) is 19.4 Å². The number of ether oxygens (including phenoxy) is 2. The Hall–Kier alpha value is -0.610. The van der Waals surface area contributed by atoms with E-state index in [1.54, 1.807) is 0 Å². The summed E-state index contributed by atoms with van der Waals surface area (Å²) in [5.74, 6) is 0.203. The minimum Gasteiger partial charge on any atom is -0.387 e. The van der Waals surface area contributed by atoms with Crippen LogP contribution in [0, 0.1) is 11.3 Å². The first-order chi connectivity index (χ1) is 6.20. The van der Waals surface area contributed by atoms with Crippen molar-refractivity contribution >= 4 is 5.84 Å². The van der Waals surface area contributed by atoms with Gasteiger partial charge in [-0.05, 0) is 12.8 Å². The van der Waals surface area contributed by atoms with Gasteiger partial charge in [0.15, 0.2) is 0 Å². The zero-order valence-electron chi connectivity index (χ0n) is 8.08. The second kappa shape index (κ2) is 5.19. The molecule has 0 amide bonds. The van der Waals surface area contributed by atoms with Crippen LogP contribution in [0.2, 0.25) is 0 Å². The Bertz CT molecular complexity index is 167. The van der Waals surface area contributed by atoms with Gasteiger partial charge >= 0.3 is 0 Å². The first-order valence-corrected chi connectivity index (χ1v) is 4.73. The lowest BCUT2D eigenvalue weighted by Gasteiger charge is -2.13. The summed E-state index contributed by atoms with van der Waals surface area (Å²) in [6.07, 6.45) is 2.49. The molecule has 1 aliphatic heterocycles. The van der Waals surface area contributed by atoms with E-state index in [2.05, 4.69) is 0 Å². The van der Waals surface area contributed by atoms with E-state index in [1.807, 2.05) is 6.92 Å². The van der Waals surface area contributed by atoms with E-state index in [1.165, 1.54) is 0 Å². The van der Waals surface area contributed by atoms with Crippen LogP contribution in [0.3, 0.4) is 0 Å². The molecule has 4 heteroatoms. The van der Waals surface area contributed by atoms with Gasteiger partial charge in [0, 0.05) is 12.5 Å². The molecule has 1 rings (SSSR count). The van der Waals surface area contributed by atoms with Crippen LogP contribution in [0.1, 0.15) is 19.8 Å². The summed E-state index contributed by atoms with van der Waals surface area (Å²) in [6, 6.07) is 0. The molecular weight excluding hydrogens is 168 g/mol. The van der Waals surface area contributed by atoms with Crippen molar-refractivity contribution < 1.29 is 9.47 Å². The number of rotatable bonds is 5. The lowest BCUT2D eigenvalue weighted by atomic mass is 10.2. The van der Waals surface area contributed by atoms with E-state index < -0.39 is 0 Å². The Morgan fingerprint density at radius 3 is 3.08 bits per heavy atom. The number of nitrogens with two attached hydrogens (primary N) is 1. The van der Waals surface area contributed by atoms with E-state index in [4.69, 9.17) is 20.6 Å². The second-order valence-corrected chi connectivity index (χ2v) is 3.53. The first kappa shape index (κ1) is 10.5. The molecule has 0 aromatic rings. The van der Waals surface area contributed by atoms with Crippen molar-refractivity contribution in [3.05, 3.63) is 0 Å². The zero-order valence-corrected chi connectivity index (χ0v) is 8.08. The molecule has 13 heavy (non-hydrogen) atoms. The molecule has 0 aromatic carbocycles. The molecule has 1 fully saturated rings. The van der Waals surface area contributed by atoms with Crippen molar-refractivity contribution in [2.45, 2.75) is 25.9 Å². The van der Waals surface area contributed by atoms with Gasteiger partial charge in [0.2, 0.25) is 0 Å². The molecule has 0 radical (unpaired) electrons. The molecule has 1 aliphatic rings. The van der Waals surface area contributed by atoms with Gasteiger partial charge in [-0.15, -0.1) is 0 Å². The summed E-state index contributed by atoms with van der Waals surface area (Å²) in [7, 11) is 0. The molecule has 0 spiro atoms. The van der Waals surface area contributed by atoms with Crippen LogP contribution in [-0.4, -0.2) is 31.8 Å². The quantitative estimate of drug-likeness (QED) is 0.492.